The van der Waals surface area contributed by atoms with Crippen molar-refractivity contribution in [2.45, 2.75) is 20.6 Å². The maximum Gasteiger partial charge on any atom is 0.286 e. The third-order valence-corrected chi connectivity index (χ3v) is 0.471. The van der Waals surface area contributed by atoms with Gasteiger partial charge in [-0.2, -0.15) is 0 Å². The smallest absolute Gasteiger partial charge is 0.286 e. The summed E-state index contributed by atoms with van der Waals surface area (Å²) in [6, 6.07) is 0. The molecular formula is C5H13BO2. The predicted octanol–water partition coefficient (Wildman–Crippen LogP) is 1.09. The van der Waals surface area contributed by atoms with Crippen molar-refractivity contribution in [2.24, 2.45) is 0 Å². The highest BCUT2D eigenvalue weighted by atomic mass is 16.4. The van der Waals surface area contributed by atoms with E-state index < -0.39 is 6.26 Å². The topological polar surface area (TPSA) is 26.3 Å². The first-order valence-corrected chi connectivity index (χ1v) is 2.50. The molecule has 0 atom stereocenters. The fraction of sp³-hybridized carbons (Fsp3) is 0.800. The Morgan fingerprint density at radius 3 is 1.88 bits per heavy atom. The molecule has 0 fully saturated rings. The summed E-state index contributed by atoms with van der Waals surface area (Å²) >= 11 is 0. The van der Waals surface area contributed by atoms with Gasteiger partial charge in [0.2, 0.25) is 0 Å². The van der Waals surface area contributed by atoms with Crippen molar-refractivity contribution in [3.63, 3.8) is 0 Å². The van der Waals surface area contributed by atoms with Crippen LogP contribution < -0.4 is 0 Å². The van der Waals surface area contributed by atoms with E-state index >= 15 is 0 Å². The van der Waals surface area contributed by atoms with Crippen LogP contribution in [0.5, 0.6) is 0 Å². The normalized spacial score (nSPS) is 8.25. The summed E-state index contributed by atoms with van der Waals surface area (Å²) in [6.07, 6.45) is -0.583. The highest BCUT2D eigenvalue weighted by Gasteiger charge is 1.88. The Bertz CT molecular complexity index is 71.4. The maximum absolute atomic E-state index is 9.11. The molecule has 2 nitrogen and oxygen atoms in total. The molecule has 0 aromatic heterocycles. The summed E-state index contributed by atoms with van der Waals surface area (Å²) in [5.74, 6) is 0. The molecule has 0 unspecified atom stereocenters. The van der Waals surface area contributed by atoms with Gasteiger partial charge in [-0.25, -0.2) is 0 Å². The first kappa shape index (κ1) is 7.69. The molecular weight excluding hydrogens is 103 g/mol. The summed E-state index contributed by atoms with van der Waals surface area (Å²) in [7, 11) is 1.70. The molecule has 0 bridgehead atoms. The summed E-state index contributed by atoms with van der Waals surface area (Å²) in [5.41, 5.74) is 0. The van der Waals surface area contributed by atoms with Crippen LogP contribution in [0, 0.1) is 0 Å². The van der Waals surface area contributed by atoms with E-state index in [1.165, 1.54) is 6.92 Å². The SMILES string of the molecule is COB(C)C.[3H]C(C)=O. The molecule has 0 spiro atoms. The molecule has 0 amide bonds. The van der Waals surface area contributed by atoms with E-state index in [9.17, 15) is 0 Å². The summed E-state index contributed by atoms with van der Waals surface area (Å²) < 4.78 is 10.7. The molecule has 0 N–H and O–H groups in total. The number of hydrogen-bond acceptors (Lipinski definition) is 2. The maximum atomic E-state index is 9.11. The van der Waals surface area contributed by atoms with Crippen molar-refractivity contribution >= 4 is 13.2 Å². The molecule has 3 heteroatoms. The zero-order valence-electron chi connectivity index (χ0n) is 6.89. The van der Waals surface area contributed by atoms with Gasteiger partial charge in [0.1, 0.15) is 7.63 Å². The van der Waals surface area contributed by atoms with Gasteiger partial charge >= 0.3 is 0 Å². The van der Waals surface area contributed by atoms with Crippen molar-refractivity contribution in [2.75, 3.05) is 7.11 Å². The molecule has 8 heavy (non-hydrogen) atoms. The van der Waals surface area contributed by atoms with Crippen molar-refractivity contribution < 1.29 is 10.8 Å². The van der Waals surface area contributed by atoms with Crippen LogP contribution in [0.25, 0.3) is 0 Å². The highest BCUT2D eigenvalue weighted by molar-refractivity contribution is 6.48. The van der Waals surface area contributed by atoms with Crippen molar-refractivity contribution in [3.05, 3.63) is 0 Å². The van der Waals surface area contributed by atoms with Gasteiger partial charge in [0.05, 0.1) is 0 Å². The Morgan fingerprint density at radius 2 is 1.88 bits per heavy atom. The summed E-state index contributed by atoms with van der Waals surface area (Å²) in [4.78, 5) is 9.11. The van der Waals surface area contributed by atoms with Gasteiger partial charge in [-0.05, 0) is 6.92 Å². The minimum atomic E-state index is -0.583. The van der Waals surface area contributed by atoms with Gasteiger partial charge in [0.15, 0.2) is 0 Å². The average Bonchev–Trinajstić information content (AvgIpc) is 1.65. The van der Waals surface area contributed by atoms with E-state index in [4.69, 9.17) is 10.8 Å². The molecule has 0 saturated heterocycles. The lowest BCUT2D eigenvalue weighted by atomic mass is 9.75. The minimum Gasteiger partial charge on any atom is -0.439 e. The molecule has 0 saturated carbocycles. The van der Waals surface area contributed by atoms with Gasteiger partial charge in [-0.3, -0.25) is 0 Å². The monoisotopic (exact) mass is 118 g/mol. The molecule has 0 heterocycles. The van der Waals surface area contributed by atoms with Gasteiger partial charge in [-0.15, -0.1) is 0 Å². The third kappa shape index (κ3) is 43.7. The summed E-state index contributed by atoms with van der Waals surface area (Å²) in [6.45, 7) is 5.58. The second kappa shape index (κ2) is 9.85. The lowest BCUT2D eigenvalue weighted by Gasteiger charge is -1.89. The van der Waals surface area contributed by atoms with Crippen molar-refractivity contribution in [1.82, 2.24) is 0 Å². The Kier molecular flexibility index (Phi) is 9.48. The number of carbonyl (C=O) groups excluding carboxylic acids is 1. The van der Waals surface area contributed by atoms with Crippen LogP contribution in [0.3, 0.4) is 0 Å². The molecule has 0 aromatic carbocycles. The fourth-order valence-corrected chi connectivity index (χ4v) is 0. The van der Waals surface area contributed by atoms with Crippen LogP contribution in [0.2, 0.25) is 13.6 Å². The molecule has 0 radical (unpaired) electrons. The second-order valence-electron chi connectivity index (χ2n) is 1.49. The average molecular weight is 118 g/mol. The predicted molar refractivity (Wildman–Crippen MR) is 36.2 cm³/mol. The zero-order valence-corrected chi connectivity index (χ0v) is 5.89. The largest absolute Gasteiger partial charge is 0.439 e. The fourth-order valence-electron chi connectivity index (χ4n) is 0. The number of hydrogen-bond donors (Lipinski definition) is 0. The molecule has 0 aliphatic carbocycles. The Labute approximate surface area is 52.7 Å². The van der Waals surface area contributed by atoms with Crippen LogP contribution in [0.1, 0.15) is 8.29 Å². The van der Waals surface area contributed by atoms with Gasteiger partial charge in [0, 0.05) is 7.11 Å². The Morgan fingerprint density at radius 1 is 1.75 bits per heavy atom. The lowest BCUT2D eigenvalue weighted by Crippen LogP contribution is -2.00. The molecule has 0 aliphatic rings. The molecule has 0 aliphatic heterocycles. The van der Waals surface area contributed by atoms with E-state index in [1.54, 1.807) is 7.11 Å². The van der Waals surface area contributed by atoms with Gasteiger partial charge < -0.3 is 9.45 Å². The zero-order chi connectivity index (χ0) is 7.86. The second-order valence-corrected chi connectivity index (χ2v) is 1.49. The van der Waals surface area contributed by atoms with E-state index in [0.717, 1.165) is 0 Å². The molecule has 48 valence electrons. The first-order valence-electron chi connectivity index (χ1n) is 3.00. The van der Waals surface area contributed by atoms with E-state index in [2.05, 4.69) is 0 Å². The molecule has 0 aromatic rings. The quantitative estimate of drug-likeness (QED) is 0.380. The lowest BCUT2D eigenvalue weighted by molar-refractivity contribution is -0.106. The van der Waals surface area contributed by atoms with Crippen LogP contribution >= 0.6 is 0 Å². The van der Waals surface area contributed by atoms with E-state index in [1.807, 2.05) is 13.6 Å². The number of aldehydes is 1. The highest BCUT2D eigenvalue weighted by Crippen LogP contribution is 1.73. The first-order chi connectivity index (χ1) is 4.00. The van der Waals surface area contributed by atoms with Crippen molar-refractivity contribution in [1.29, 1.82) is 0 Å². The van der Waals surface area contributed by atoms with Crippen LogP contribution in [-0.4, -0.2) is 20.3 Å². The minimum absolute atomic E-state index is 0.384. The van der Waals surface area contributed by atoms with E-state index in [-0.39, 0.29) is 0 Å². The van der Waals surface area contributed by atoms with Crippen LogP contribution in [0.4, 0.5) is 0 Å². The standard InChI is InChI=1S/C3H9BO.C2H4O/c1-4(2)5-3;1-2-3/h1-3H3;2H,1H3/i;2T. The number of rotatable bonds is 1. The molecule has 0 rings (SSSR count). The van der Waals surface area contributed by atoms with Crippen LogP contribution in [0.15, 0.2) is 0 Å². The number of carbonyl (C=O) groups is 1. The van der Waals surface area contributed by atoms with Gasteiger partial charge in [0.25, 0.3) is 6.92 Å². The van der Waals surface area contributed by atoms with Crippen molar-refractivity contribution in [3.8, 4) is 0 Å². The summed E-state index contributed by atoms with van der Waals surface area (Å²) in [5, 5.41) is 0. The van der Waals surface area contributed by atoms with Gasteiger partial charge in [-0.1, -0.05) is 13.6 Å². The Hall–Kier alpha value is -0.305. The van der Waals surface area contributed by atoms with E-state index in [0.29, 0.717) is 6.92 Å². The Balaban J connectivity index is 0. The van der Waals surface area contributed by atoms with Crippen LogP contribution in [-0.2, 0) is 9.45 Å². The third-order valence-electron chi connectivity index (χ3n) is 0.471.